The molecule has 2 aromatic rings. The zero-order chi connectivity index (χ0) is 11.4. The summed E-state index contributed by atoms with van der Waals surface area (Å²) in [5.41, 5.74) is 8.10. The fourth-order valence-corrected chi connectivity index (χ4v) is 1.73. The molecule has 0 atom stereocenters. The fraction of sp³-hybridized carbons (Fsp3) is 0.333. The first-order chi connectivity index (χ1) is 7.81. The minimum Gasteiger partial charge on any atom is -0.334 e. The summed E-state index contributed by atoms with van der Waals surface area (Å²) in [6, 6.07) is 4.08. The van der Waals surface area contributed by atoms with Crippen LogP contribution >= 0.6 is 0 Å². The lowest BCUT2D eigenvalue weighted by molar-refractivity contribution is 0.739. The van der Waals surface area contributed by atoms with E-state index in [1.54, 1.807) is 0 Å². The summed E-state index contributed by atoms with van der Waals surface area (Å²) in [5, 5.41) is 0. The Morgan fingerprint density at radius 3 is 2.62 bits per heavy atom. The molecule has 0 aliphatic carbocycles. The molecule has 2 heterocycles. The van der Waals surface area contributed by atoms with Crippen molar-refractivity contribution in [2.75, 3.05) is 0 Å². The standard InChI is InChI=1S/C12H16N4/c1-16-11(9-15-12(16)8-13)3-2-10-4-6-14-7-5-10/h4-7,9H,2-3,8,13H2,1H3. The van der Waals surface area contributed by atoms with Crippen LogP contribution < -0.4 is 5.73 Å². The molecule has 0 fully saturated rings. The van der Waals surface area contributed by atoms with Crippen LogP contribution in [-0.4, -0.2) is 14.5 Å². The Labute approximate surface area is 95.1 Å². The minimum atomic E-state index is 0.492. The van der Waals surface area contributed by atoms with Gasteiger partial charge in [0.05, 0.1) is 6.54 Å². The van der Waals surface area contributed by atoms with Gasteiger partial charge < -0.3 is 10.3 Å². The van der Waals surface area contributed by atoms with Crippen LogP contribution in [-0.2, 0) is 26.4 Å². The van der Waals surface area contributed by atoms with Gasteiger partial charge in [0, 0.05) is 31.3 Å². The smallest absolute Gasteiger partial charge is 0.122 e. The number of nitrogens with zero attached hydrogens (tertiary/aromatic N) is 3. The van der Waals surface area contributed by atoms with E-state index >= 15 is 0 Å². The fourth-order valence-electron chi connectivity index (χ4n) is 1.73. The normalized spacial score (nSPS) is 10.6. The third-order valence-electron chi connectivity index (χ3n) is 2.78. The molecule has 4 nitrogen and oxygen atoms in total. The lowest BCUT2D eigenvalue weighted by atomic mass is 10.1. The maximum absolute atomic E-state index is 5.58. The van der Waals surface area contributed by atoms with Crippen LogP contribution in [0.3, 0.4) is 0 Å². The van der Waals surface area contributed by atoms with Gasteiger partial charge in [-0.15, -0.1) is 0 Å². The topological polar surface area (TPSA) is 56.7 Å². The maximum atomic E-state index is 5.58. The van der Waals surface area contributed by atoms with Crippen LogP contribution in [0.25, 0.3) is 0 Å². The Balaban J connectivity index is 2.02. The van der Waals surface area contributed by atoms with Crippen LogP contribution in [0.4, 0.5) is 0 Å². The Morgan fingerprint density at radius 2 is 2.00 bits per heavy atom. The SMILES string of the molecule is Cn1c(CCc2ccncc2)cnc1CN. The van der Waals surface area contributed by atoms with Gasteiger partial charge in [0.1, 0.15) is 5.82 Å². The van der Waals surface area contributed by atoms with Crippen molar-refractivity contribution in [3.63, 3.8) is 0 Å². The molecule has 2 rings (SSSR count). The van der Waals surface area contributed by atoms with Crippen LogP contribution in [0.5, 0.6) is 0 Å². The van der Waals surface area contributed by atoms with Gasteiger partial charge in [0.15, 0.2) is 0 Å². The van der Waals surface area contributed by atoms with E-state index in [1.807, 2.05) is 37.8 Å². The van der Waals surface area contributed by atoms with E-state index in [-0.39, 0.29) is 0 Å². The molecule has 0 bridgehead atoms. The first-order valence-corrected chi connectivity index (χ1v) is 5.39. The lowest BCUT2D eigenvalue weighted by Gasteiger charge is -2.04. The molecule has 0 spiro atoms. The number of imidazole rings is 1. The molecule has 0 saturated heterocycles. The van der Waals surface area contributed by atoms with E-state index < -0.39 is 0 Å². The number of rotatable bonds is 4. The Hall–Kier alpha value is -1.68. The summed E-state index contributed by atoms with van der Waals surface area (Å²) in [4.78, 5) is 8.27. The van der Waals surface area contributed by atoms with Gasteiger partial charge in [-0.05, 0) is 30.5 Å². The predicted octanol–water partition coefficient (Wildman–Crippen LogP) is 1.06. The van der Waals surface area contributed by atoms with Crippen LogP contribution in [0, 0.1) is 0 Å². The molecule has 0 radical (unpaired) electrons. The highest BCUT2D eigenvalue weighted by Gasteiger charge is 2.04. The van der Waals surface area contributed by atoms with Gasteiger partial charge in [-0.2, -0.15) is 0 Å². The summed E-state index contributed by atoms with van der Waals surface area (Å²) in [7, 11) is 2.01. The van der Waals surface area contributed by atoms with E-state index in [9.17, 15) is 0 Å². The van der Waals surface area contributed by atoms with E-state index in [0.717, 1.165) is 18.7 Å². The average Bonchev–Trinajstić information content (AvgIpc) is 2.69. The summed E-state index contributed by atoms with van der Waals surface area (Å²) in [5.74, 6) is 0.935. The van der Waals surface area contributed by atoms with Gasteiger partial charge >= 0.3 is 0 Å². The van der Waals surface area contributed by atoms with E-state index in [0.29, 0.717) is 6.54 Å². The molecule has 0 unspecified atom stereocenters. The summed E-state index contributed by atoms with van der Waals surface area (Å²) in [6.07, 6.45) is 7.54. The second-order valence-corrected chi connectivity index (χ2v) is 3.78. The third-order valence-corrected chi connectivity index (χ3v) is 2.78. The molecule has 16 heavy (non-hydrogen) atoms. The molecule has 2 aromatic heterocycles. The van der Waals surface area contributed by atoms with Gasteiger partial charge in [-0.1, -0.05) is 0 Å². The maximum Gasteiger partial charge on any atom is 0.122 e. The van der Waals surface area contributed by atoms with Crippen LogP contribution in [0.2, 0.25) is 0 Å². The summed E-state index contributed by atoms with van der Waals surface area (Å²) >= 11 is 0. The van der Waals surface area contributed by atoms with Crippen molar-refractivity contribution < 1.29 is 0 Å². The highest BCUT2D eigenvalue weighted by Crippen LogP contribution is 2.07. The van der Waals surface area contributed by atoms with E-state index in [2.05, 4.69) is 14.5 Å². The molecule has 4 heteroatoms. The highest BCUT2D eigenvalue weighted by molar-refractivity contribution is 5.13. The van der Waals surface area contributed by atoms with Crippen molar-refractivity contribution in [1.29, 1.82) is 0 Å². The van der Waals surface area contributed by atoms with Crippen LogP contribution in [0.1, 0.15) is 17.1 Å². The molecule has 0 aliphatic heterocycles. The lowest BCUT2D eigenvalue weighted by Crippen LogP contribution is -2.07. The van der Waals surface area contributed by atoms with Crippen molar-refractivity contribution in [1.82, 2.24) is 14.5 Å². The molecule has 0 aliphatic rings. The minimum absolute atomic E-state index is 0.492. The molecule has 0 amide bonds. The van der Waals surface area contributed by atoms with E-state index in [1.165, 1.54) is 11.3 Å². The van der Waals surface area contributed by atoms with Gasteiger partial charge in [0.2, 0.25) is 0 Å². The monoisotopic (exact) mass is 216 g/mol. The van der Waals surface area contributed by atoms with Gasteiger partial charge in [0.25, 0.3) is 0 Å². The van der Waals surface area contributed by atoms with Crippen molar-refractivity contribution >= 4 is 0 Å². The van der Waals surface area contributed by atoms with Crippen molar-refractivity contribution in [3.8, 4) is 0 Å². The number of hydrogen-bond donors (Lipinski definition) is 1. The number of nitrogens with two attached hydrogens (primary N) is 1. The predicted molar refractivity (Wildman–Crippen MR) is 62.7 cm³/mol. The Kier molecular flexibility index (Phi) is 3.31. The van der Waals surface area contributed by atoms with Gasteiger partial charge in [-0.25, -0.2) is 4.98 Å². The Morgan fingerprint density at radius 1 is 1.25 bits per heavy atom. The molecule has 2 N–H and O–H groups in total. The second-order valence-electron chi connectivity index (χ2n) is 3.78. The van der Waals surface area contributed by atoms with Crippen molar-refractivity contribution in [3.05, 3.63) is 47.8 Å². The van der Waals surface area contributed by atoms with Gasteiger partial charge in [-0.3, -0.25) is 4.98 Å². The number of aromatic nitrogens is 3. The molecule has 84 valence electrons. The molecular weight excluding hydrogens is 200 g/mol. The zero-order valence-electron chi connectivity index (χ0n) is 9.43. The molecular formula is C12H16N4. The van der Waals surface area contributed by atoms with Crippen molar-refractivity contribution in [2.24, 2.45) is 12.8 Å². The number of hydrogen-bond acceptors (Lipinski definition) is 3. The summed E-state index contributed by atoms with van der Waals surface area (Å²) < 4.78 is 2.07. The highest BCUT2D eigenvalue weighted by atomic mass is 15.1. The number of pyridine rings is 1. The third kappa shape index (κ3) is 2.28. The Bertz CT molecular complexity index is 447. The number of aryl methyl sites for hydroxylation is 2. The molecule has 0 aromatic carbocycles. The average molecular weight is 216 g/mol. The quantitative estimate of drug-likeness (QED) is 0.831. The largest absolute Gasteiger partial charge is 0.334 e. The summed E-state index contributed by atoms with van der Waals surface area (Å²) in [6.45, 7) is 0.492. The first kappa shape index (κ1) is 10.8. The second kappa shape index (κ2) is 4.90. The zero-order valence-corrected chi connectivity index (χ0v) is 9.43. The van der Waals surface area contributed by atoms with Crippen molar-refractivity contribution in [2.45, 2.75) is 19.4 Å². The molecule has 0 saturated carbocycles. The van der Waals surface area contributed by atoms with E-state index in [4.69, 9.17) is 5.73 Å². The first-order valence-electron chi connectivity index (χ1n) is 5.39. The van der Waals surface area contributed by atoms with Crippen LogP contribution in [0.15, 0.2) is 30.7 Å².